The largest absolute Gasteiger partial charge is 0.312 e. The van der Waals surface area contributed by atoms with Gasteiger partial charge in [0.25, 0.3) is 0 Å². The lowest BCUT2D eigenvalue weighted by Crippen LogP contribution is -2.39. The van der Waals surface area contributed by atoms with E-state index in [1.807, 2.05) is 0 Å². The van der Waals surface area contributed by atoms with Crippen LogP contribution in [0.15, 0.2) is 24.3 Å². The molecule has 2 nitrogen and oxygen atoms in total. The minimum Gasteiger partial charge on any atom is -0.312 e. The monoisotopic (exact) mass is 248 g/mol. The number of hydrogen-bond acceptors (Lipinski definition) is 2. The zero-order chi connectivity index (χ0) is 13.5. The number of nitrogens with one attached hydrogen (secondary N) is 1. The zero-order valence-electron chi connectivity index (χ0n) is 12.5. The average Bonchev–Trinajstić information content (AvgIpc) is 2.39. The summed E-state index contributed by atoms with van der Waals surface area (Å²) < 4.78 is 0. The average molecular weight is 248 g/mol. The molecule has 0 aliphatic heterocycles. The molecule has 2 heteroatoms. The molecule has 1 aromatic rings. The molecule has 1 aromatic carbocycles. The summed E-state index contributed by atoms with van der Waals surface area (Å²) in [6.45, 7) is 11.2. The molecule has 0 radical (unpaired) electrons. The Morgan fingerprint density at radius 3 is 2.50 bits per heavy atom. The van der Waals surface area contributed by atoms with Gasteiger partial charge in [0.05, 0.1) is 0 Å². The molecule has 102 valence electrons. The molecule has 0 aromatic heterocycles. The maximum absolute atomic E-state index is 3.45. The first kappa shape index (κ1) is 15.2. The fraction of sp³-hybridized carbons (Fsp3) is 0.625. The van der Waals surface area contributed by atoms with Gasteiger partial charge >= 0.3 is 0 Å². The fourth-order valence-corrected chi connectivity index (χ4v) is 2.36. The van der Waals surface area contributed by atoms with E-state index in [-0.39, 0.29) is 0 Å². The van der Waals surface area contributed by atoms with E-state index in [4.69, 9.17) is 0 Å². The summed E-state index contributed by atoms with van der Waals surface area (Å²) in [5, 5.41) is 3.45. The summed E-state index contributed by atoms with van der Waals surface area (Å²) in [5.41, 5.74) is 2.72. The van der Waals surface area contributed by atoms with Crippen LogP contribution in [-0.2, 0) is 0 Å². The Balaban J connectivity index is 2.77. The van der Waals surface area contributed by atoms with E-state index in [1.165, 1.54) is 17.5 Å². The number of nitrogens with zero attached hydrogens (tertiary/aromatic N) is 1. The van der Waals surface area contributed by atoms with Gasteiger partial charge in [-0.3, -0.25) is 4.90 Å². The van der Waals surface area contributed by atoms with Crippen LogP contribution in [0.3, 0.4) is 0 Å². The Bertz CT molecular complexity index is 349. The smallest absolute Gasteiger partial charge is 0.0447 e. The lowest BCUT2D eigenvalue weighted by Gasteiger charge is -2.31. The molecule has 1 N–H and O–H groups in total. The van der Waals surface area contributed by atoms with E-state index in [1.54, 1.807) is 0 Å². The van der Waals surface area contributed by atoms with Crippen LogP contribution in [-0.4, -0.2) is 31.1 Å². The first-order valence-electron chi connectivity index (χ1n) is 7.10. The highest BCUT2D eigenvalue weighted by Crippen LogP contribution is 2.17. The van der Waals surface area contributed by atoms with Gasteiger partial charge in [0.2, 0.25) is 0 Å². The summed E-state index contributed by atoms with van der Waals surface area (Å²) in [5.74, 6) is 0. The van der Waals surface area contributed by atoms with E-state index in [2.05, 4.69) is 69.2 Å². The molecule has 0 aliphatic carbocycles. The molecule has 0 aliphatic rings. The van der Waals surface area contributed by atoms with Gasteiger partial charge in [-0.05, 0) is 39.4 Å². The second-order valence-corrected chi connectivity index (χ2v) is 5.10. The molecule has 0 heterocycles. The molecule has 2 unspecified atom stereocenters. The van der Waals surface area contributed by atoms with Crippen LogP contribution < -0.4 is 5.32 Å². The van der Waals surface area contributed by atoms with Crippen molar-refractivity contribution in [2.24, 2.45) is 0 Å². The van der Waals surface area contributed by atoms with E-state index in [9.17, 15) is 0 Å². The molecule has 0 fully saturated rings. The third-order valence-corrected chi connectivity index (χ3v) is 3.83. The second kappa shape index (κ2) is 7.55. The lowest BCUT2D eigenvalue weighted by atomic mass is 10.0. The van der Waals surface area contributed by atoms with Crippen molar-refractivity contribution in [1.82, 2.24) is 10.2 Å². The number of aryl methyl sites for hydroxylation is 1. The molecule has 1 rings (SSSR count). The summed E-state index contributed by atoms with van der Waals surface area (Å²) in [6.07, 6.45) is 1.21. The topological polar surface area (TPSA) is 15.3 Å². The Morgan fingerprint density at radius 2 is 2.00 bits per heavy atom. The molecule has 0 saturated carbocycles. The van der Waals surface area contributed by atoms with Crippen LogP contribution in [0.4, 0.5) is 0 Å². The van der Waals surface area contributed by atoms with Gasteiger partial charge in [-0.25, -0.2) is 0 Å². The van der Waals surface area contributed by atoms with Gasteiger partial charge in [0.1, 0.15) is 0 Å². The first-order chi connectivity index (χ1) is 8.62. The molecular weight excluding hydrogens is 220 g/mol. The summed E-state index contributed by atoms with van der Waals surface area (Å²) in [4.78, 5) is 2.55. The number of benzene rings is 1. The van der Waals surface area contributed by atoms with Gasteiger partial charge in [-0.2, -0.15) is 0 Å². The maximum Gasteiger partial charge on any atom is 0.0447 e. The second-order valence-electron chi connectivity index (χ2n) is 5.10. The maximum atomic E-state index is 3.45. The van der Waals surface area contributed by atoms with Crippen LogP contribution >= 0.6 is 0 Å². The van der Waals surface area contributed by atoms with Gasteiger partial charge in [0, 0.05) is 18.6 Å². The van der Waals surface area contributed by atoms with Crippen molar-refractivity contribution >= 4 is 0 Å². The highest BCUT2D eigenvalue weighted by Gasteiger charge is 2.16. The van der Waals surface area contributed by atoms with E-state index in [0.717, 1.165) is 13.1 Å². The van der Waals surface area contributed by atoms with Crippen molar-refractivity contribution in [2.75, 3.05) is 20.1 Å². The third-order valence-electron chi connectivity index (χ3n) is 3.83. The minimum absolute atomic E-state index is 0.416. The van der Waals surface area contributed by atoms with Crippen LogP contribution in [0.1, 0.15) is 44.4 Å². The quantitative estimate of drug-likeness (QED) is 0.796. The molecule has 0 spiro atoms. The predicted octanol–water partition coefficient (Wildman–Crippen LogP) is 3.38. The lowest BCUT2D eigenvalue weighted by molar-refractivity contribution is 0.194. The zero-order valence-corrected chi connectivity index (χ0v) is 12.5. The van der Waals surface area contributed by atoms with E-state index >= 15 is 0 Å². The minimum atomic E-state index is 0.416. The van der Waals surface area contributed by atoms with E-state index in [0.29, 0.717) is 12.1 Å². The summed E-state index contributed by atoms with van der Waals surface area (Å²) in [6, 6.07) is 9.87. The van der Waals surface area contributed by atoms with E-state index < -0.39 is 0 Å². The molecule has 18 heavy (non-hydrogen) atoms. The van der Waals surface area contributed by atoms with Crippen molar-refractivity contribution in [3.63, 3.8) is 0 Å². The number of rotatable bonds is 7. The summed E-state index contributed by atoms with van der Waals surface area (Å²) >= 11 is 0. The van der Waals surface area contributed by atoms with Crippen LogP contribution in [0.25, 0.3) is 0 Å². The van der Waals surface area contributed by atoms with Gasteiger partial charge < -0.3 is 5.32 Å². The van der Waals surface area contributed by atoms with Crippen molar-refractivity contribution in [3.05, 3.63) is 35.4 Å². The van der Waals surface area contributed by atoms with Crippen molar-refractivity contribution in [2.45, 2.75) is 46.2 Å². The van der Waals surface area contributed by atoms with Crippen LogP contribution in [0, 0.1) is 6.92 Å². The number of likely N-dealkylation sites (N-methyl/N-ethyl adjacent to an activating group) is 2. The molecule has 0 amide bonds. The SMILES string of the molecule is CCC(C)N(CC)CC(NC)c1cccc(C)c1. The number of hydrogen-bond donors (Lipinski definition) is 1. The third kappa shape index (κ3) is 4.11. The van der Waals surface area contributed by atoms with Crippen molar-refractivity contribution < 1.29 is 0 Å². The molecular formula is C16H28N2. The normalized spacial score (nSPS) is 14.8. The van der Waals surface area contributed by atoms with Gasteiger partial charge in [-0.1, -0.05) is 43.7 Å². The molecule has 0 saturated heterocycles. The first-order valence-corrected chi connectivity index (χ1v) is 7.10. The van der Waals surface area contributed by atoms with Crippen molar-refractivity contribution in [1.29, 1.82) is 0 Å². The van der Waals surface area contributed by atoms with Gasteiger partial charge in [-0.15, -0.1) is 0 Å². The Morgan fingerprint density at radius 1 is 1.28 bits per heavy atom. The Kier molecular flexibility index (Phi) is 6.37. The van der Waals surface area contributed by atoms with Crippen LogP contribution in [0.2, 0.25) is 0 Å². The van der Waals surface area contributed by atoms with Gasteiger partial charge in [0.15, 0.2) is 0 Å². The Hall–Kier alpha value is -0.860. The van der Waals surface area contributed by atoms with Crippen LogP contribution in [0.5, 0.6) is 0 Å². The highest BCUT2D eigenvalue weighted by molar-refractivity contribution is 5.25. The Labute approximate surface area is 112 Å². The highest BCUT2D eigenvalue weighted by atomic mass is 15.2. The van der Waals surface area contributed by atoms with Crippen molar-refractivity contribution in [3.8, 4) is 0 Å². The predicted molar refractivity (Wildman–Crippen MR) is 80.0 cm³/mol. The molecule has 0 bridgehead atoms. The molecule has 2 atom stereocenters. The fourth-order valence-electron chi connectivity index (χ4n) is 2.36. The summed E-state index contributed by atoms with van der Waals surface area (Å²) in [7, 11) is 2.05. The standard InChI is InChI=1S/C16H28N2/c1-6-14(4)18(7-2)12-16(17-5)15-10-8-9-13(3)11-15/h8-11,14,16-17H,6-7,12H2,1-5H3.